The van der Waals surface area contributed by atoms with Gasteiger partial charge in [0, 0.05) is 36.1 Å². The monoisotopic (exact) mass is 555 g/mol. The Morgan fingerprint density at radius 3 is 2.41 bits per heavy atom. The predicted octanol–water partition coefficient (Wildman–Crippen LogP) is 5.53. The number of rotatable bonds is 6. The third kappa shape index (κ3) is 7.66. The van der Waals surface area contributed by atoms with Crippen molar-refractivity contribution in [1.82, 2.24) is 15.1 Å². The van der Waals surface area contributed by atoms with E-state index in [1.807, 2.05) is 80.3 Å². The third-order valence-corrected chi connectivity index (χ3v) is 7.72. The summed E-state index contributed by atoms with van der Waals surface area (Å²) in [5, 5.41) is 3.62. The molecule has 4 rings (SSSR count). The summed E-state index contributed by atoms with van der Waals surface area (Å²) in [6, 6.07) is 17.3. The van der Waals surface area contributed by atoms with Crippen molar-refractivity contribution in [2.24, 2.45) is 0 Å². The number of benzene rings is 2. The van der Waals surface area contributed by atoms with Crippen LogP contribution in [-0.2, 0) is 26.3 Å². The van der Waals surface area contributed by atoms with Crippen LogP contribution < -0.4 is 5.32 Å². The fourth-order valence-corrected chi connectivity index (χ4v) is 5.64. The second-order valence-corrected chi connectivity index (χ2v) is 11.9. The topological polar surface area (TPSA) is 88.2 Å². The number of carbonyl (C=O) groups is 3. The van der Waals surface area contributed by atoms with Gasteiger partial charge in [-0.05, 0) is 69.7 Å². The number of halogens is 1. The highest BCUT2D eigenvalue weighted by molar-refractivity contribution is 6.30. The molecule has 8 nitrogen and oxygen atoms in total. The summed E-state index contributed by atoms with van der Waals surface area (Å²) in [7, 11) is 0. The molecule has 9 heteroatoms. The van der Waals surface area contributed by atoms with Crippen LogP contribution in [0.2, 0.25) is 5.02 Å². The van der Waals surface area contributed by atoms with E-state index in [0.29, 0.717) is 24.7 Å². The zero-order valence-corrected chi connectivity index (χ0v) is 23.7. The molecule has 2 aromatic rings. The van der Waals surface area contributed by atoms with Gasteiger partial charge < -0.3 is 19.7 Å². The Bertz CT molecular complexity index is 1160. The minimum atomic E-state index is -0.582. The summed E-state index contributed by atoms with van der Waals surface area (Å²) in [4.78, 5) is 41.5. The molecular weight excluding hydrogens is 518 g/mol. The molecule has 0 bridgehead atoms. The van der Waals surface area contributed by atoms with Crippen LogP contribution in [-0.4, -0.2) is 65.7 Å². The van der Waals surface area contributed by atoms with Gasteiger partial charge in [-0.15, -0.1) is 0 Å². The number of amides is 3. The Hall–Kier alpha value is -3.26. The van der Waals surface area contributed by atoms with Crippen molar-refractivity contribution in [3.05, 3.63) is 70.7 Å². The molecule has 0 atom stereocenters. The SMILES string of the molecule is CC(C)(C)OC(=O)NC[C@]1(c2cccc(Cl)c2)CC[C@@H](N2CCN(C(=O)OCc3ccccc3)CC2=O)CC1. The molecular formula is C30H38ClN3O5. The number of nitrogens with zero attached hydrogens (tertiary/aromatic N) is 2. The Labute approximate surface area is 235 Å². The molecule has 2 aromatic carbocycles. The van der Waals surface area contributed by atoms with Crippen molar-refractivity contribution in [2.75, 3.05) is 26.2 Å². The number of alkyl carbamates (subject to hydrolysis) is 1. The molecule has 3 amide bonds. The zero-order chi connectivity index (χ0) is 28.0. The highest BCUT2D eigenvalue weighted by Gasteiger charge is 2.41. The van der Waals surface area contributed by atoms with Crippen LogP contribution in [0.15, 0.2) is 54.6 Å². The van der Waals surface area contributed by atoms with E-state index < -0.39 is 17.8 Å². The summed E-state index contributed by atoms with van der Waals surface area (Å²) in [6.07, 6.45) is 2.21. The number of hydrogen-bond donors (Lipinski definition) is 1. The van der Waals surface area contributed by atoms with Crippen LogP contribution >= 0.6 is 11.6 Å². The first-order valence-corrected chi connectivity index (χ1v) is 13.9. The van der Waals surface area contributed by atoms with E-state index in [4.69, 9.17) is 21.1 Å². The lowest BCUT2D eigenvalue weighted by atomic mass is 9.67. The Kier molecular flexibility index (Phi) is 9.05. The Morgan fingerprint density at radius 1 is 1.05 bits per heavy atom. The average molecular weight is 556 g/mol. The second-order valence-electron chi connectivity index (χ2n) is 11.4. The van der Waals surface area contributed by atoms with Crippen LogP contribution in [0, 0.1) is 0 Å². The van der Waals surface area contributed by atoms with E-state index in [1.54, 1.807) is 0 Å². The van der Waals surface area contributed by atoms with E-state index in [-0.39, 0.29) is 30.5 Å². The molecule has 1 heterocycles. The van der Waals surface area contributed by atoms with Gasteiger partial charge in [0.15, 0.2) is 0 Å². The molecule has 1 saturated heterocycles. The Balaban J connectivity index is 1.35. The standard InChI is InChI=1S/C30H38ClN3O5/c1-29(2,3)39-27(36)32-21-30(23-10-7-11-24(31)18-23)14-12-25(13-15-30)34-17-16-33(19-26(34)35)28(37)38-20-22-8-5-4-6-9-22/h4-11,18,25H,12-17,19-21H2,1-3H3,(H,32,36)/t25-,30+. The fourth-order valence-electron chi connectivity index (χ4n) is 5.45. The van der Waals surface area contributed by atoms with Gasteiger partial charge in [0.2, 0.25) is 5.91 Å². The van der Waals surface area contributed by atoms with Crippen molar-refractivity contribution in [1.29, 1.82) is 0 Å². The summed E-state index contributed by atoms with van der Waals surface area (Å²) in [6.45, 7) is 7.05. The normalized spacial score (nSPS) is 21.8. The summed E-state index contributed by atoms with van der Waals surface area (Å²) >= 11 is 6.33. The van der Waals surface area contributed by atoms with E-state index in [2.05, 4.69) is 5.32 Å². The van der Waals surface area contributed by atoms with Gasteiger partial charge in [0.1, 0.15) is 18.8 Å². The highest BCUT2D eigenvalue weighted by atomic mass is 35.5. The number of hydrogen-bond acceptors (Lipinski definition) is 5. The van der Waals surface area contributed by atoms with E-state index >= 15 is 0 Å². The van der Waals surface area contributed by atoms with Crippen molar-refractivity contribution in [3.63, 3.8) is 0 Å². The van der Waals surface area contributed by atoms with E-state index in [9.17, 15) is 14.4 Å². The molecule has 2 aliphatic rings. The van der Waals surface area contributed by atoms with Crippen LogP contribution in [0.25, 0.3) is 0 Å². The van der Waals surface area contributed by atoms with Gasteiger partial charge in [0.25, 0.3) is 0 Å². The van der Waals surface area contributed by atoms with Crippen molar-refractivity contribution in [3.8, 4) is 0 Å². The minimum absolute atomic E-state index is 0.0176. The predicted molar refractivity (Wildman–Crippen MR) is 150 cm³/mol. The van der Waals surface area contributed by atoms with E-state index in [0.717, 1.165) is 36.8 Å². The highest BCUT2D eigenvalue weighted by Crippen LogP contribution is 2.41. The number of piperazine rings is 1. The lowest BCUT2D eigenvalue weighted by Crippen LogP contribution is -2.57. The largest absolute Gasteiger partial charge is 0.445 e. The molecule has 0 unspecified atom stereocenters. The molecule has 0 spiro atoms. The zero-order valence-electron chi connectivity index (χ0n) is 23.0. The first-order valence-electron chi connectivity index (χ1n) is 13.5. The summed E-state index contributed by atoms with van der Waals surface area (Å²) < 4.78 is 10.9. The van der Waals surface area contributed by atoms with E-state index in [1.165, 1.54) is 4.90 Å². The summed E-state index contributed by atoms with van der Waals surface area (Å²) in [5.74, 6) is -0.0648. The molecule has 0 aromatic heterocycles. The van der Waals surface area contributed by atoms with Gasteiger partial charge in [0.05, 0.1) is 0 Å². The quantitative estimate of drug-likeness (QED) is 0.506. The number of carbonyl (C=O) groups excluding carboxylic acids is 3. The molecule has 1 aliphatic heterocycles. The van der Waals surface area contributed by atoms with Crippen molar-refractivity contribution in [2.45, 2.75) is 70.1 Å². The molecule has 0 radical (unpaired) electrons. The van der Waals surface area contributed by atoms with Crippen molar-refractivity contribution >= 4 is 29.7 Å². The van der Waals surface area contributed by atoms with Crippen LogP contribution in [0.4, 0.5) is 9.59 Å². The first kappa shape index (κ1) is 28.7. The number of nitrogens with one attached hydrogen (secondary N) is 1. The molecule has 1 N–H and O–H groups in total. The van der Waals surface area contributed by atoms with Gasteiger partial charge in [-0.3, -0.25) is 9.69 Å². The summed E-state index contributed by atoms with van der Waals surface area (Å²) in [5.41, 5.74) is 1.08. The van der Waals surface area contributed by atoms with Crippen molar-refractivity contribution < 1.29 is 23.9 Å². The maximum atomic E-state index is 13.1. The van der Waals surface area contributed by atoms with Gasteiger partial charge >= 0.3 is 12.2 Å². The smallest absolute Gasteiger partial charge is 0.410 e. The molecule has 1 saturated carbocycles. The molecule has 210 valence electrons. The van der Waals surface area contributed by atoms with Gasteiger partial charge in [-0.2, -0.15) is 0 Å². The molecule has 1 aliphatic carbocycles. The van der Waals surface area contributed by atoms with Gasteiger partial charge in [-0.1, -0.05) is 54.1 Å². The number of ether oxygens (including phenoxy) is 2. The molecule has 39 heavy (non-hydrogen) atoms. The Morgan fingerprint density at radius 2 is 1.77 bits per heavy atom. The fraction of sp³-hybridized carbons (Fsp3) is 0.500. The molecule has 2 fully saturated rings. The first-order chi connectivity index (χ1) is 18.5. The maximum absolute atomic E-state index is 13.1. The third-order valence-electron chi connectivity index (χ3n) is 7.48. The second kappa shape index (κ2) is 12.3. The minimum Gasteiger partial charge on any atom is -0.445 e. The lowest BCUT2D eigenvalue weighted by molar-refractivity contribution is -0.139. The lowest BCUT2D eigenvalue weighted by Gasteiger charge is -2.46. The van der Waals surface area contributed by atoms with Gasteiger partial charge in [-0.25, -0.2) is 9.59 Å². The average Bonchev–Trinajstić information content (AvgIpc) is 2.90. The maximum Gasteiger partial charge on any atom is 0.410 e. The van der Waals surface area contributed by atoms with Crippen LogP contribution in [0.1, 0.15) is 57.6 Å². The van der Waals surface area contributed by atoms with Crippen LogP contribution in [0.5, 0.6) is 0 Å². The van der Waals surface area contributed by atoms with Crippen LogP contribution in [0.3, 0.4) is 0 Å².